The van der Waals surface area contributed by atoms with Gasteiger partial charge in [-0.15, -0.1) is 0 Å². The lowest BCUT2D eigenvalue weighted by atomic mass is 9.83. The van der Waals surface area contributed by atoms with Crippen LogP contribution in [0.1, 0.15) is 39.0 Å². The van der Waals surface area contributed by atoms with E-state index in [2.05, 4.69) is 27.6 Å². The van der Waals surface area contributed by atoms with Gasteiger partial charge in [0.1, 0.15) is 18.0 Å². The van der Waals surface area contributed by atoms with E-state index >= 15 is 0 Å². The fraction of sp³-hybridized carbons (Fsp3) is 0.636. The molecule has 0 bridgehead atoms. The summed E-state index contributed by atoms with van der Waals surface area (Å²) in [6.45, 7) is 2.25. The van der Waals surface area contributed by atoms with Crippen molar-refractivity contribution in [2.75, 3.05) is 10.7 Å². The van der Waals surface area contributed by atoms with Crippen molar-refractivity contribution >= 4 is 11.6 Å². The molecule has 4 N–H and O–H groups in total. The summed E-state index contributed by atoms with van der Waals surface area (Å²) >= 11 is 0. The standard InChI is InChI=1S/C11H19N5/c1-11(5-3-2-4-6-11)15-9-7-10(16-12)14-8-13-9/h7-8H,2-6,12H2,1H3,(H2,13,14,15,16). The number of hydrogen-bond acceptors (Lipinski definition) is 5. The van der Waals surface area contributed by atoms with Crippen molar-refractivity contribution in [1.29, 1.82) is 0 Å². The first kappa shape index (κ1) is 11.1. The third-order valence-corrected chi connectivity index (χ3v) is 3.20. The van der Waals surface area contributed by atoms with E-state index in [1.165, 1.54) is 38.4 Å². The quantitative estimate of drug-likeness (QED) is 0.537. The number of hydrogen-bond donors (Lipinski definition) is 3. The molecule has 0 aromatic carbocycles. The van der Waals surface area contributed by atoms with Gasteiger partial charge in [0.15, 0.2) is 0 Å². The van der Waals surface area contributed by atoms with Crippen LogP contribution in [0, 0.1) is 0 Å². The molecule has 0 amide bonds. The second-order valence-corrected chi connectivity index (χ2v) is 4.68. The molecule has 1 saturated carbocycles. The summed E-state index contributed by atoms with van der Waals surface area (Å²) in [6.07, 6.45) is 7.83. The van der Waals surface area contributed by atoms with Crippen LogP contribution in [0.4, 0.5) is 11.6 Å². The first-order valence-corrected chi connectivity index (χ1v) is 5.79. The molecule has 1 aromatic rings. The van der Waals surface area contributed by atoms with Crippen molar-refractivity contribution in [2.24, 2.45) is 5.84 Å². The zero-order valence-corrected chi connectivity index (χ0v) is 9.66. The van der Waals surface area contributed by atoms with Gasteiger partial charge in [-0.3, -0.25) is 0 Å². The van der Waals surface area contributed by atoms with Crippen LogP contribution in [0.15, 0.2) is 12.4 Å². The first-order chi connectivity index (χ1) is 7.72. The number of nitrogens with one attached hydrogen (secondary N) is 2. The Morgan fingerprint density at radius 3 is 2.56 bits per heavy atom. The summed E-state index contributed by atoms with van der Waals surface area (Å²) in [4.78, 5) is 8.20. The fourth-order valence-electron chi connectivity index (χ4n) is 2.27. The van der Waals surface area contributed by atoms with E-state index in [1.54, 1.807) is 0 Å². The molecule has 5 nitrogen and oxygen atoms in total. The van der Waals surface area contributed by atoms with E-state index in [0.29, 0.717) is 5.82 Å². The van der Waals surface area contributed by atoms with Crippen LogP contribution in [-0.2, 0) is 0 Å². The van der Waals surface area contributed by atoms with Gasteiger partial charge in [-0.1, -0.05) is 19.3 Å². The molecule has 1 fully saturated rings. The van der Waals surface area contributed by atoms with E-state index < -0.39 is 0 Å². The molecule has 2 rings (SSSR count). The molecule has 88 valence electrons. The van der Waals surface area contributed by atoms with Crippen LogP contribution in [0.25, 0.3) is 0 Å². The number of nitrogen functional groups attached to an aromatic ring is 1. The number of rotatable bonds is 3. The summed E-state index contributed by atoms with van der Waals surface area (Å²) in [6, 6.07) is 1.83. The van der Waals surface area contributed by atoms with Gasteiger partial charge in [-0.25, -0.2) is 15.8 Å². The highest BCUT2D eigenvalue weighted by atomic mass is 15.3. The van der Waals surface area contributed by atoms with Gasteiger partial charge in [0, 0.05) is 11.6 Å². The number of hydrazine groups is 1. The topological polar surface area (TPSA) is 75.9 Å². The molecule has 5 heteroatoms. The van der Waals surface area contributed by atoms with Crippen LogP contribution in [0.3, 0.4) is 0 Å². The van der Waals surface area contributed by atoms with Gasteiger partial charge < -0.3 is 10.7 Å². The maximum absolute atomic E-state index is 5.32. The minimum absolute atomic E-state index is 0.165. The molecule has 0 radical (unpaired) electrons. The summed E-state index contributed by atoms with van der Waals surface area (Å²) in [5, 5.41) is 3.49. The van der Waals surface area contributed by atoms with E-state index in [-0.39, 0.29) is 5.54 Å². The Bertz CT molecular complexity index is 346. The van der Waals surface area contributed by atoms with Crippen molar-refractivity contribution < 1.29 is 0 Å². The van der Waals surface area contributed by atoms with Crippen LogP contribution in [0.2, 0.25) is 0 Å². The second-order valence-electron chi connectivity index (χ2n) is 4.68. The SMILES string of the molecule is CC1(Nc2cc(NN)ncn2)CCCCC1. The smallest absolute Gasteiger partial charge is 0.145 e. The van der Waals surface area contributed by atoms with Crippen molar-refractivity contribution in [1.82, 2.24) is 9.97 Å². The normalized spacial score (nSPS) is 19.1. The lowest BCUT2D eigenvalue weighted by Crippen LogP contribution is -2.37. The number of anilines is 2. The summed E-state index contributed by atoms with van der Waals surface area (Å²) in [7, 11) is 0. The minimum atomic E-state index is 0.165. The maximum atomic E-state index is 5.32. The number of nitrogens with two attached hydrogens (primary N) is 1. The minimum Gasteiger partial charge on any atom is -0.365 e. The molecule has 1 heterocycles. The first-order valence-electron chi connectivity index (χ1n) is 5.79. The van der Waals surface area contributed by atoms with Gasteiger partial charge in [0.25, 0.3) is 0 Å². The maximum Gasteiger partial charge on any atom is 0.145 e. The van der Waals surface area contributed by atoms with Crippen molar-refractivity contribution in [2.45, 2.75) is 44.6 Å². The highest BCUT2D eigenvalue weighted by molar-refractivity contribution is 5.47. The highest BCUT2D eigenvalue weighted by Crippen LogP contribution is 2.30. The Morgan fingerprint density at radius 2 is 1.88 bits per heavy atom. The molecule has 16 heavy (non-hydrogen) atoms. The summed E-state index contributed by atoms with van der Waals surface area (Å²) in [5.41, 5.74) is 2.69. The zero-order valence-electron chi connectivity index (χ0n) is 9.66. The molecule has 0 spiro atoms. The molecular formula is C11H19N5. The van der Waals surface area contributed by atoms with Crippen molar-refractivity contribution in [3.8, 4) is 0 Å². The lowest BCUT2D eigenvalue weighted by molar-refractivity contribution is 0.348. The van der Waals surface area contributed by atoms with Crippen molar-refractivity contribution in [3.63, 3.8) is 0 Å². The lowest BCUT2D eigenvalue weighted by Gasteiger charge is -2.35. The predicted molar refractivity (Wildman–Crippen MR) is 65.0 cm³/mol. The van der Waals surface area contributed by atoms with Gasteiger partial charge >= 0.3 is 0 Å². The van der Waals surface area contributed by atoms with Crippen LogP contribution < -0.4 is 16.6 Å². The summed E-state index contributed by atoms with van der Waals surface area (Å²) < 4.78 is 0. The molecule has 0 aliphatic heterocycles. The van der Waals surface area contributed by atoms with Gasteiger partial charge in [-0.05, 0) is 19.8 Å². The van der Waals surface area contributed by atoms with Gasteiger partial charge in [-0.2, -0.15) is 0 Å². The Balaban J connectivity index is 2.07. The van der Waals surface area contributed by atoms with Crippen molar-refractivity contribution in [3.05, 3.63) is 12.4 Å². The van der Waals surface area contributed by atoms with Crippen LogP contribution >= 0.6 is 0 Å². The second kappa shape index (κ2) is 4.65. The van der Waals surface area contributed by atoms with E-state index in [0.717, 1.165) is 5.82 Å². The van der Waals surface area contributed by atoms with Crippen LogP contribution in [0.5, 0.6) is 0 Å². The van der Waals surface area contributed by atoms with Gasteiger partial charge in [0.2, 0.25) is 0 Å². The average molecular weight is 221 g/mol. The van der Waals surface area contributed by atoms with E-state index in [4.69, 9.17) is 5.84 Å². The molecule has 1 aromatic heterocycles. The fourth-order valence-corrected chi connectivity index (χ4v) is 2.27. The average Bonchev–Trinajstić information content (AvgIpc) is 2.29. The molecule has 1 aliphatic carbocycles. The summed E-state index contributed by atoms with van der Waals surface area (Å²) in [5.74, 6) is 6.79. The molecule has 0 atom stereocenters. The predicted octanol–water partition coefficient (Wildman–Crippen LogP) is 1.90. The third-order valence-electron chi connectivity index (χ3n) is 3.20. The van der Waals surface area contributed by atoms with Gasteiger partial charge in [0.05, 0.1) is 0 Å². The molecule has 0 saturated heterocycles. The van der Waals surface area contributed by atoms with E-state index in [1.807, 2.05) is 6.07 Å². The zero-order chi connectivity index (χ0) is 11.4. The van der Waals surface area contributed by atoms with Crippen LogP contribution in [-0.4, -0.2) is 15.5 Å². The molecular weight excluding hydrogens is 202 g/mol. The Labute approximate surface area is 95.8 Å². The third kappa shape index (κ3) is 2.61. The Kier molecular flexibility index (Phi) is 3.24. The highest BCUT2D eigenvalue weighted by Gasteiger charge is 2.26. The molecule has 1 aliphatic rings. The monoisotopic (exact) mass is 221 g/mol. The number of aromatic nitrogens is 2. The Morgan fingerprint density at radius 1 is 1.19 bits per heavy atom. The van der Waals surface area contributed by atoms with E-state index in [9.17, 15) is 0 Å². The Hall–Kier alpha value is -1.36. The molecule has 0 unspecified atom stereocenters. The largest absolute Gasteiger partial charge is 0.365 e. The number of nitrogens with zero attached hydrogens (tertiary/aromatic N) is 2.